The number of rotatable bonds is 5. The minimum absolute atomic E-state index is 0.195. The molecule has 0 fully saturated rings. The third-order valence-electron chi connectivity index (χ3n) is 1.87. The minimum atomic E-state index is -0.254. The Morgan fingerprint density at radius 1 is 1.60 bits per heavy atom. The van der Waals surface area contributed by atoms with E-state index in [1.165, 1.54) is 0 Å². The van der Waals surface area contributed by atoms with Crippen molar-refractivity contribution in [2.75, 3.05) is 6.61 Å². The lowest BCUT2D eigenvalue weighted by atomic mass is 10.2. The predicted octanol–water partition coefficient (Wildman–Crippen LogP) is 1.04. The maximum absolute atomic E-state index is 11.2. The van der Waals surface area contributed by atoms with Gasteiger partial charge in [0.2, 0.25) is 0 Å². The van der Waals surface area contributed by atoms with E-state index < -0.39 is 0 Å². The maximum Gasteiger partial charge on any atom is 0.313 e. The normalized spacial score (nSPS) is 10.7. The van der Waals surface area contributed by atoms with E-state index in [9.17, 15) is 4.79 Å². The fourth-order valence-corrected chi connectivity index (χ4v) is 1.30. The van der Waals surface area contributed by atoms with Crippen molar-refractivity contribution >= 4 is 5.97 Å². The Balaban J connectivity index is 2.60. The van der Waals surface area contributed by atoms with Crippen LogP contribution < -0.4 is 0 Å². The smallest absolute Gasteiger partial charge is 0.313 e. The number of hydrogen-bond acceptors (Lipinski definition) is 4. The van der Waals surface area contributed by atoms with Crippen LogP contribution in [0.5, 0.6) is 0 Å². The number of carbonyl (C=O) groups is 1. The first kappa shape index (κ1) is 11.7. The summed E-state index contributed by atoms with van der Waals surface area (Å²) in [6.07, 6.45) is 1.84. The lowest BCUT2D eigenvalue weighted by Gasteiger charge is -2.08. The molecule has 0 aromatic carbocycles. The van der Waals surface area contributed by atoms with Crippen molar-refractivity contribution in [3.63, 3.8) is 0 Å². The molecule has 0 N–H and O–H groups in total. The zero-order chi connectivity index (χ0) is 11.3. The number of carbonyl (C=O) groups excluding carboxylic acids is 1. The monoisotopic (exact) mass is 211 g/mol. The summed E-state index contributed by atoms with van der Waals surface area (Å²) in [5, 5.41) is 7.70. The Hall–Kier alpha value is -1.39. The van der Waals surface area contributed by atoms with Gasteiger partial charge in [-0.1, -0.05) is 13.8 Å². The number of aromatic nitrogens is 3. The third-order valence-corrected chi connectivity index (χ3v) is 1.87. The van der Waals surface area contributed by atoms with Crippen LogP contribution in [0.3, 0.4) is 0 Å². The van der Waals surface area contributed by atoms with E-state index in [0.29, 0.717) is 18.3 Å². The molecule has 84 valence electrons. The molecular formula is C10H17N3O2. The van der Waals surface area contributed by atoms with Crippen molar-refractivity contribution in [2.24, 2.45) is 5.92 Å². The molecule has 0 spiro atoms. The molecule has 5 heteroatoms. The fourth-order valence-electron chi connectivity index (χ4n) is 1.30. The molecule has 1 aromatic rings. The summed E-state index contributed by atoms with van der Waals surface area (Å²) in [5.74, 6) is 0.916. The highest BCUT2D eigenvalue weighted by molar-refractivity contribution is 5.71. The van der Waals surface area contributed by atoms with E-state index in [2.05, 4.69) is 24.0 Å². The van der Waals surface area contributed by atoms with Crippen LogP contribution in [0, 0.1) is 5.92 Å². The van der Waals surface area contributed by atoms with E-state index in [1.54, 1.807) is 13.3 Å². The highest BCUT2D eigenvalue weighted by Gasteiger charge is 2.11. The Kier molecular flexibility index (Phi) is 4.27. The molecule has 0 aliphatic rings. The van der Waals surface area contributed by atoms with Gasteiger partial charge < -0.3 is 9.30 Å². The summed E-state index contributed by atoms with van der Waals surface area (Å²) in [6.45, 7) is 7.22. The van der Waals surface area contributed by atoms with Gasteiger partial charge in [0.15, 0.2) is 0 Å². The van der Waals surface area contributed by atoms with Gasteiger partial charge in [0.1, 0.15) is 18.6 Å². The molecule has 1 aromatic heterocycles. The average Bonchev–Trinajstić information content (AvgIpc) is 2.52. The van der Waals surface area contributed by atoms with E-state index in [1.807, 2.05) is 4.57 Å². The standard InChI is InChI=1S/C10H17N3O2/c1-4-15-10(14)5-9-12-11-7-13(9)6-8(2)3/h7-8H,4-6H2,1-3H3. The van der Waals surface area contributed by atoms with E-state index in [0.717, 1.165) is 6.54 Å². The lowest BCUT2D eigenvalue weighted by molar-refractivity contribution is -0.142. The third kappa shape index (κ3) is 3.69. The van der Waals surface area contributed by atoms with E-state index in [-0.39, 0.29) is 12.4 Å². The van der Waals surface area contributed by atoms with Crippen molar-refractivity contribution < 1.29 is 9.53 Å². The molecule has 0 aliphatic carbocycles. The quantitative estimate of drug-likeness (QED) is 0.683. The Morgan fingerprint density at radius 2 is 2.33 bits per heavy atom. The minimum Gasteiger partial charge on any atom is -0.466 e. The van der Waals surface area contributed by atoms with E-state index in [4.69, 9.17) is 4.74 Å². The molecule has 5 nitrogen and oxygen atoms in total. The number of hydrogen-bond donors (Lipinski definition) is 0. The number of nitrogens with zero attached hydrogens (tertiary/aromatic N) is 3. The van der Waals surface area contributed by atoms with Gasteiger partial charge in [0, 0.05) is 6.54 Å². The molecule has 0 radical (unpaired) electrons. The van der Waals surface area contributed by atoms with Crippen molar-refractivity contribution in [1.29, 1.82) is 0 Å². The van der Waals surface area contributed by atoms with Gasteiger partial charge in [0.05, 0.1) is 6.61 Å². The van der Waals surface area contributed by atoms with Crippen LogP contribution in [-0.2, 0) is 22.5 Å². The summed E-state index contributed by atoms with van der Waals surface area (Å²) in [7, 11) is 0. The van der Waals surface area contributed by atoms with Crippen LogP contribution in [0.25, 0.3) is 0 Å². The zero-order valence-corrected chi connectivity index (χ0v) is 9.43. The van der Waals surface area contributed by atoms with Gasteiger partial charge >= 0.3 is 5.97 Å². The summed E-state index contributed by atoms with van der Waals surface area (Å²) < 4.78 is 6.75. The summed E-state index contributed by atoms with van der Waals surface area (Å²) in [5.41, 5.74) is 0. The summed E-state index contributed by atoms with van der Waals surface area (Å²) in [6, 6.07) is 0. The second kappa shape index (κ2) is 5.48. The first-order chi connectivity index (χ1) is 7.13. The first-order valence-corrected chi connectivity index (χ1v) is 5.15. The Labute approximate surface area is 89.5 Å². The van der Waals surface area contributed by atoms with Crippen molar-refractivity contribution in [2.45, 2.75) is 33.7 Å². The number of esters is 1. The van der Waals surface area contributed by atoms with Gasteiger partial charge in [-0.05, 0) is 12.8 Å². The van der Waals surface area contributed by atoms with Gasteiger partial charge in [0.25, 0.3) is 0 Å². The second-order valence-corrected chi connectivity index (χ2v) is 3.78. The highest BCUT2D eigenvalue weighted by Crippen LogP contribution is 2.03. The second-order valence-electron chi connectivity index (χ2n) is 3.78. The van der Waals surface area contributed by atoms with Gasteiger partial charge in [-0.3, -0.25) is 4.79 Å². The maximum atomic E-state index is 11.2. The molecule has 1 rings (SSSR count). The van der Waals surface area contributed by atoms with Crippen molar-refractivity contribution in [3.05, 3.63) is 12.2 Å². The molecule has 0 amide bonds. The SMILES string of the molecule is CCOC(=O)Cc1nncn1CC(C)C. The average molecular weight is 211 g/mol. The molecule has 0 atom stereocenters. The van der Waals surface area contributed by atoms with Gasteiger partial charge in [-0.25, -0.2) is 0 Å². The van der Waals surface area contributed by atoms with Gasteiger partial charge in [-0.2, -0.15) is 0 Å². The van der Waals surface area contributed by atoms with Crippen molar-refractivity contribution in [1.82, 2.24) is 14.8 Å². The molecule has 0 aliphatic heterocycles. The predicted molar refractivity (Wildman–Crippen MR) is 55.2 cm³/mol. The molecule has 0 saturated carbocycles. The molecular weight excluding hydrogens is 194 g/mol. The van der Waals surface area contributed by atoms with E-state index >= 15 is 0 Å². The highest BCUT2D eigenvalue weighted by atomic mass is 16.5. The molecule has 15 heavy (non-hydrogen) atoms. The molecule has 0 bridgehead atoms. The summed E-state index contributed by atoms with van der Waals surface area (Å²) >= 11 is 0. The van der Waals surface area contributed by atoms with Crippen LogP contribution in [0.1, 0.15) is 26.6 Å². The van der Waals surface area contributed by atoms with Crippen LogP contribution in [0.2, 0.25) is 0 Å². The summed E-state index contributed by atoms with van der Waals surface area (Å²) in [4.78, 5) is 11.2. The Bertz CT molecular complexity index is 320. The largest absolute Gasteiger partial charge is 0.466 e. The topological polar surface area (TPSA) is 57.0 Å². The van der Waals surface area contributed by atoms with Crippen molar-refractivity contribution in [3.8, 4) is 0 Å². The molecule has 0 saturated heterocycles. The Morgan fingerprint density at radius 3 is 2.93 bits per heavy atom. The van der Waals surface area contributed by atoms with Crippen LogP contribution in [0.15, 0.2) is 6.33 Å². The van der Waals surface area contributed by atoms with Crippen LogP contribution in [0.4, 0.5) is 0 Å². The number of ether oxygens (including phenoxy) is 1. The lowest BCUT2D eigenvalue weighted by Crippen LogP contribution is -2.14. The first-order valence-electron chi connectivity index (χ1n) is 5.15. The zero-order valence-electron chi connectivity index (χ0n) is 9.43. The van der Waals surface area contributed by atoms with Gasteiger partial charge in [-0.15, -0.1) is 10.2 Å². The molecule has 1 heterocycles. The van der Waals surface area contributed by atoms with Crippen LogP contribution in [-0.4, -0.2) is 27.3 Å². The molecule has 0 unspecified atom stereocenters. The van der Waals surface area contributed by atoms with Crippen LogP contribution >= 0.6 is 0 Å². The fraction of sp³-hybridized carbons (Fsp3) is 0.700.